The van der Waals surface area contributed by atoms with E-state index in [-0.39, 0.29) is 0 Å². The standard InChI is InChI=1S/C12H14N4/c1-9-2-3-13-6-11(9)16-8-15-7-12(16)10-4-14-5-10/h2-3,6-8,10,14H,4-5H2,1H3. The summed E-state index contributed by atoms with van der Waals surface area (Å²) >= 11 is 0. The molecule has 1 aliphatic rings. The maximum absolute atomic E-state index is 4.25. The van der Waals surface area contributed by atoms with Crippen LogP contribution in [0.5, 0.6) is 0 Å². The van der Waals surface area contributed by atoms with E-state index in [2.05, 4.69) is 26.8 Å². The van der Waals surface area contributed by atoms with Crippen molar-refractivity contribution in [1.29, 1.82) is 0 Å². The van der Waals surface area contributed by atoms with Crippen LogP contribution in [-0.2, 0) is 0 Å². The summed E-state index contributed by atoms with van der Waals surface area (Å²) in [7, 11) is 0. The van der Waals surface area contributed by atoms with Gasteiger partial charge >= 0.3 is 0 Å². The molecule has 1 N–H and O–H groups in total. The summed E-state index contributed by atoms with van der Waals surface area (Å²) in [4.78, 5) is 8.43. The van der Waals surface area contributed by atoms with Crippen LogP contribution in [0.3, 0.4) is 0 Å². The summed E-state index contributed by atoms with van der Waals surface area (Å²) in [5.74, 6) is 0.585. The fraction of sp³-hybridized carbons (Fsp3) is 0.333. The van der Waals surface area contributed by atoms with E-state index < -0.39 is 0 Å². The predicted molar refractivity (Wildman–Crippen MR) is 61.7 cm³/mol. The summed E-state index contributed by atoms with van der Waals surface area (Å²) in [5.41, 5.74) is 3.62. The van der Waals surface area contributed by atoms with E-state index in [1.807, 2.05) is 31.0 Å². The average molecular weight is 214 g/mol. The van der Waals surface area contributed by atoms with Gasteiger partial charge in [-0.15, -0.1) is 0 Å². The lowest BCUT2D eigenvalue weighted by atomic mass is 9.99. The number of rotatable bonds is 2. The fourth-order valence-electron chi connectivity index (χ4n) is 2.01. The molecule has 0 aliphatic carbocycles. The van der Waals surface area contributed by atoms with Gasteiger partial charge in [-0.05, 0) is 18.6 Å². The number of aryl methyl sites for hydroxylation is 1. The van der Waals surface area contributed by atoms with Crippen LogP contribution in [0, 0.1) is 6.92 Å². The summed E-state index contributed by atoms with van der Waals surface area (Å²) in [6, 6.07) is 2.03. The number of hydrogen-bond acceptors (Lipinski definition) is 3. The molecular formula is C12H14N4. The van der Waals surface area contributed by atoms with Crippen LogP contribution < -0.4 is 5.32 Å². The largest absolute Gasteiger partial charge is 0.315 e. The molecule has 3 heterocycles. The number of nitrogens with zero attached hydrogens (tertiary/aromatic N) is 3. The molecule has 2 aromatic heterocycles. The van der Waals surface area contributed by atoms with Gasteiger partial charge < -0.3 is 9.88 Å². The van der Waals surface area contributed by atoms with Gasteiger partial charge in [0.15, 0.2) is 0 Å². The van der Waals surface area contributed by atoms with Crippen LogP contribution in [0.15, 0.2) is 31.0 Å². The van der Waals surface area contributed by atoms with Crippen LogP contribution in [0.1, 0.15) is 17.2 Å². The second-order valence-electron chi connectivity index (χ2n) is 4.21. The Morgan fingerprint density at radius 1 is 1.31 bits per heavy atom. The molecule has 16 heavy (non-hydrogen) atoms. The molecule has 0 radical (unpaired) electrons. The molecule has 1 aliphatic heterocycles. The summed E-state index contributed by atoms with van der Waals surface area (Å²) in [5, 5.41) is 3.29. The Bertz CT molecular complexity index is 499. The Hall–Kier alpha value is -1.68. The predicted octanol–water partition coefficient (Wildman–Crippen LogP) is 1.26. The van der Waals surface area contributed by atoms with Crippen molar-refractivity contribution in [3.63, 3.8) is 0 Å². The molecule has 4 nitrogen and oxygen atoms in total. The van der Waals surface area contributed by atoms with E-state index in [1.54, 1.807) is 0 Å². The van der Waals surface area contributed by atoms with Crippen LogP contribution in [0.4, 0.5) is 0 Å². The highest BCUT2D eigenvalue weighted by molar-refractivity contribution is 5.39. The molecule has 0 amide bonds. The molecule has 1 saturated heterocycles. The molecule has 0 bridgehead atoms. The molecule has 1 fully saturated rings. The van der Waals surface area contributed by atoms with E-state index in [0.717, 1.165) is 18.8 Å². The second-order valence-corrected chi connectivity index (χ2v) is 4.21. The minimum absolute atomic E-state index is 0.585. The first kappa shape index (κ1) is 9.54. The second kappa shape index (κ2) is 3.72. The van der Waals surface area contributed by atoms with Crippen molar-refractivity contribution >= 4 is 0 Å². The monoisotopic (exact) mass is 214 g/mol. The van der Waals surface area contributed by atoms with Crippen LogP contribution >= 0.6 is 0 Å². The summed E-state index contributed by atoms with van der Waals surface area (Å²) < 4.78 is 2.15. The lowest BCUT2D eigenvalue weighted by Gasteiger charge is -2.28. The zero-order chi connectivity index (χ0) is 11.0. The van der Waals surface area contributed by atoms with Gasteiger partial charge in [-0.3, -0.25) is 4.98 Å². The lowest BCUT2D eigenvalue weighted by molar-refractivity contribution is 0.435. The van der Waals surface area contributed by atoms with Crippen LogP contribution in [0.2, 0.25) is 0 Å². The molecule has 0 spiro atoms. The van der Waals surface area contributed by atoms with Gasteiger partial charge in [0.2, 0.25) is 0 Å². The molecular weight excluding hydrogens is 200 g/mol. The van der Waals surface area contributed by atoms with Crippen LogP contribution in [0.25, 0.3) is 5.69 Å². The molecule has 0 atom stereocenters. The Morgan fingerprint density at radius 2 is 2.19 bits per heavy atom. The number of aromatic nitrogens is 3. The Morgan fingerprint density at radius 3 is 2.88 bits per heavy atom. The highest BCUT2D eigenvalue weighted by Crippen LogP contribution is 2.23. The smallest absolute Gasteiger partial charge is 0.0994 e. The normalized spacial score (nSPS) is 16.1. The zero-order valence-electron chi connectivity index (χ0n) is 9.22. The third-order valence-electron chi connectivity index (χ3n) is 3.14. The van der Waals surface area contributed by atoms with E-state index in [4.69, 9.17) is 0 Å². The molecule has 0 unspecified atom stereocenters. The third-order valence-corrected chi connectivity index (χ3v) is 3.14. The van der Waals surface area contributed by atoms with Crippen molar-refractivity contribution in [2.24, 2.45) is 0 Å². The van der Waals surface area contributed by atoms with Crippen molar-refractivity contribution in [3.8, 4) is 5.69 Å². The van der Waals surface area contributed by atoms with Crippen molar-refractivity contribution in [2.45, 2.75) is 12.8 Å². The van der Waals surface area contributed by atoms with Crippen molar-refractivity contribution < 1.29 is 0 Å². The maximum atomic E-state index is 4.25. The Balaban J connectivity index is 2.06. The van der Waals surface area contributed by atoms with Gasteiger partial charge in [-0.1, -0.05) is 0 Å². The van der Waals surface area contributed by atoms with Gasteiger partial charge in [0.1, 0.15) is 0 Å². The van der Waals surface area contributed by atoms with E-state index in [1.165, 1.54) is 11.3 Å². The van der Waals surface area contributed by atoms with Crippen LogP contribution in [-0.4, -0.2) is 27.6 Å². The molecule has 2 aromatic rings. The molecule has 82 valence electrons. The molecule has 0 aromatic carbocycles. The number of pyridine rings is 1. The van der Waals surface area contributed by atoms with E-state index >= 15 is 0 Å². The Labute approximate surface area is 94.4 Å². The Kier molecular flexibility index (Phi) is 2.22. The van der Waals surface area contributed by atoms with Gasteiger partial charge in [-0.2, -0.15) is 0 Å². The molecule has 4 heteroatoms. The minimum atomic E-state index is 0.585. The van der Waals surface area contributed by atoms with E-state index in [9.17, 15) is 0 Å². The van der Waals surface area contributed by atoms with Crippen molar-refractivity contribution in [3.05, 3.63) is 42.2 Å². The molecule has 0 saturated carbocycles. The van der Waals surface area contributed by atoms with E-state index in [0.29, 0.717) is 5.92 Å². The maximum Gasteiger partial charge on any atom is 0.0994 e. The fourth-order valence-corrected chi connectivity index (χ4v) is 2.01. The highest BCUT2D eigenvalue weighted by atomic mass is 15.1. The van der Waals surface area contributed by atoms with Crippen molar-refractivity contribution in [1.82, 2.24) is 19.9 Å². The van der Waals surface area contributed by atoms with Gasteiger partial charge in [-0.25, -0.2) is 4.98 Å². The quantitative estimate of drug-likeness (QED) is 0.818. The first-order valence-corrected chi connectivity index (χ1v) is 5.50. The molecule has 3 rings (SSSR count). The summed E-state index contributed by atoms with van der Waals surface area (Å²) in [6.45, 7) is 4.19. The van der Waals surface area contributed by atoms with Crippen molar-refractivity contribution in [2.75, 3.05) is 13.1 Å². The number of imidazole rings is 1. The zero-order valence-corrected chi connectivity index (χ0v) is 9.22. The lowest BCUT2D eigenvalue weighted by Crippen LogP contribution is -2.40. The number of hydrogen-bond donors (Lipinski definition) is 1. The summed E-state index contributed by atoms with van der Waals surface area (Å²) in [6.07, 6.45) is 7.54. The highest BCUT2D eigenvalue weighted by Gasteiger charge is 2.23. The average Bonchev–Trinajstić information content (AvgIpc) is 2.65. The van der Waals surface area contributed by atoms with Gasteiger partial charge in [0.05, 0.1) is 18.2 Å². The van der Waals surface area contributed by atoms with Gasteiger partial charge in [0, 0.05) is 37.1 Å². The van der Waals surface area contributed by atoms with Gasteiger partial charge in [0.25, 0.3) is 0 Å². The third kappa shape index (κ3) is 1.42. The minimum Gasteiger partial charge on any atom is -0.315 e. The first-order chi connectivity index (χ1) is 7.86. The SMILES string of the molecule is Cc1ccncc1-n1cncc1C1CNC1. The first-order valence-electron chi connectivity index (χ1n) is 5.50. The topological polar surface area (TPSA) is 42.7 Å². The number of nitrogens with one attached hydrogen (secondary N) is 1.